The monoisotopic (exact) mass is 516 g/mol. The maximum Gasteiger partial charge on any atom is 0.338 e. The van der Waals surface area contributed by atoms with Crippen LogP contribution in [0.1, 0.15) is 53.6 Å². The largest absolute Gasteiger partial charge is 0.508 e. The third-order valence-electron chi connectivity index (χ3n) is 6.88. The van der Waals surface area contributed by atoms with Crippen LogP contribution in [0.15, 0.2) is 78.0 Å². The van der Waals surface area contributed by atoms with E-state index in [9.17, 15) is 14.7 Å². The number of hydrogen-bond acceptors (Lipinski definition) is 6. The molecule has 0 bridgehead atoms. The summed E-state index contributed by atoms with van der Waals surface area (Å²) < 4.78 is 5.40. The number of carbonyl (C=O) groups excluding carboxylic acids is 2. The van der Waals surface area contributed by atoms with Crippen molar-refractivity contribution < 1.29 is 24.3 Å². The molecule has 2 aliphatic rings. The molecule has 0 aromatic heterocycles. The zero-order valence-corrected chi connectivity index (χ0v) is 21.8. The topological polar surface area (TPSA) is 88.4 Å². The van der Waals surface area contributed by atoms with Gasteiger partial charge in [0.1, 0.15) is 5.75 Å². The molecule has 0 saturated carbocycles. The van der Waals surface area contributed by atoms with E-state index in [1.54, 1.807) is 6.07 Å². The van der Waals surface area contributed by atoms with Crippen LogP contribution in [-0.2, 0) is 27.2 Å². The molecular formula is C31H36N2O5. The van der Waals surface area contributed by atoms with E-state index in [0.29, 0.717) is 35.8 Å². The Labute approximate surface area is 224 Å². The lowest BCUT2D eigenvalue weighted by Crippen LogP contribution is -2.40. The van der Waals surface area contributed by atoms with Crippen molar-refractivity contribution in [2.45, 2.75) is 44.9 Å². The van der Waals surface area contributed by atoms with Crippen molar-refractivity contribution in [2.24, 2.45) is 11.1 Å². The summed E-state index contributed by atoms with van der Waals surface area (Å²) in [5.41, 5.74) is 2.85. The average Bonchev–Trinajstić information content (AvgIpc) is 2.92. The normalized spacial score (nSPS) is 20.2. The van der Waals surface area contributed by atoms with Crippen molar-refractivity contribution in [2.75, 3.05) is 26.3 Å². The van der Waals surface area contributed by atoms with Crippen molar-refractivity contribution in [3.05, 3.63) is 89.5 Å². The molecule has 2 aromatic rings. The predicted molar refractivity (Wildman–Crippen MR) is 147 cm³/mol. The third kappa shape index (κ3) is 8.33. The number of hydrogen-bond donors (Lipinski definition) is 1. The van der Waals surface area contributed by atoms with E-state index in [2.05, 4.69) is 35.5 Å². The number of carbonyl (C=O) groups is 2. The minimum Gasteiger partial charge on any atom is -0.508 e. The van der Waals surface area contributed by atoms with E-state index in [0.717, 1.165) is 45.2 Å². The van der Waals surface area contributed by atoms with Gasteiger partial charge in [-0.05, 0) is 79.8 Å². The Morgan fingerprint density at radius 2 is 1.79 bits per heavy atom. The van der Waals surface area contributed by atoms with Gasteiger partial charge >= 0.3 is 5.97 Å². The number of likely N-dealkylation sites (tertiary alicyclic amines) is 1. The number of nitrogens with zero attached hydrogens (tertiary/aromatic N) is 2. The van der Waals surface area contributed by atoms with Gasteiger partial charge in [-0.3, -0.25) is 4.79 Å². The highest BCUT2D eigenvalue weighted by Crippen LogP contribution is 2.22. The molecular weight excluding hydrogens is 480 g/mol. The van der Waals surface area contributed by atoms with Crippen LogP contribution < -0.4 is 0 Å². The van der Waals surface area contributed by atoms with Gasteiger partial charge in [-0.1, -0.05) is 53.7 Å². The number of aromatic hydroxyl groups is 1. The first-order valence-corrected chi connectivity index (χ1v) is 13.4. The molecule has 1 N–H and O–H groups in total. The number of fused-ring (bicyclic) bond motifs is 1. The van der Waals surface area contributed by atoms with Crippen LogP contribution in [0.5, 0.6) is 5.75 Å². The van der Waals surface area contributed by atoms with E-state index in [1.165, 1.54) is 17.7 Å². The van der Waals surface area contributed by atoms with Crippen LogP contribution >= 0.6 is 0 Å². The zero-order valence-electron chi connectivity index (χ0n) is 21.8. The number of esters is 1. The van der Waals surface area contributed by atoms with E-state index < -0.39 is 5.97 Å². The number of phenols is 1. The Kier molecular flexibility index (Phi) is 10.1. The summed E-state index contributed by atoms with van der Waals surface area (Å²) in [6, 6.07) is 15.0. The number of cyclic esters (lactones) is 1. The van der Waals surface area contributed by atoms with Gasteiger partial charge in [0.05, 0.1) is 17.9 Å². The standard InChI is InChI=1S/C31H36N2O5/c34-28-13-14-29-26(22-28)21-27(12-8-3-1-2-4-9-19-37-31(29)36)32-38-23-30(35)33-17-15-25(16-18-33)20-24-10-6-5-7-11-24/h2,4-8,10-14,22,25,34H,1,3,9,15-21,23H2/b4-2+,12-8+,32-27+. The van der Waals surface area contributed by atoms with Gasteiger partial charge in [-0.25, -0.2) is 4.79 Å². The summed E-state index contributed by atoms with van der Waals surface area (Å²) in [7, 11) is 0. The molecule has 7 nitrogen and oxygen atoms in total. The molecule has 0 spiro atoms. The molecule has 4 rings (SSSR count). The third-order valence-corrected chi connectivity index (χ3v) is 6.88. The van der Waals surface area contributed by atoms with Gasteiger partial charge < -0.3 is 19.6 Å². The van der Waals surface area contributed by atoms with Crippen LogP contribution in [0.3, 0.4) is 0 Å². The van der Waals surface area contributed by atoms with Crippen molar-refractivity contribution in [1.82, 2.24) is 4.90 Å². The molecule has 1 saturated heterocycles. The molecule has 1 amide bonds. The zero-order chi connectivity index (χ0) is 26.6. The Bertz CT molecular complexity index is 1160. The number of oxime groups is 1. The fourth-order valence-corrected chi connectivity index (χ4v) is 4.78. The minimum atomic E-state index is -0.444. The number of ether oxygens (including phenoxy) is 1. The number of piperidine rings is 1. The van der Waals surface area contributed by atoms with Crippen LogP contribution in [0.25, 0.3) is 0 Å². The van der Waals surface area contributed by atoms with Crippen molar-refractivity contribution in [3.63, 3.8) is 0 Å². The first kappa shape index (κ1) is 27.2. The minimum absolute atomic E-state index is 0.0516. The number of allylic oxidation sites excluding steroid dienone is 3. The number of amides is 1. The van der Waals surface area contributed by atoms with Crippen LogP contribution in [0.4, 0.5) is 0 Å². The van der Waals surface area contributed by atoms with Gasteiger partial charge in [0.2, 0.25) is 0 Å². The van der Waals surface area contributed by atoms with E-state index in [4.69, 9.17) is 9.57 Å². The summed E-state index contributed by atoms with van der Waals surface area (Å²) >= 11 is 0. The molecule has 0 radical (unpaired) electrons. The fourth-order valence-electron chi connectivity index (χ4n) is 4.78. The fraction of sp³-hybridized carbons (Fsp3) is 0.387. The molecule has 2 aromatic carbocycles. The maximum atomic E-state index is 12.8. The molecule has 200 valence electrons. The second-order valence-electron chi connectivity index (χ2n) is 9.76. The molecule has 2 aliphatic heterocycles. The second kappa shape index (κ2) is 14.2. The van der Waals surface area contributed by atoms with Gasteiger partial charge in [-0.15, -0.1) is 0 Å². The van der Waals surface area contributed by atoms with Crippen LogP contribution in [0, 0.1) is 5.92 Å². The molecule has 7 heteroatoms. The van der Waals surface area contributed by atoms with Crippen LogP contribution in [0.2, 0.25) is 0 Å². The van der Waals surface area contributed by atoms with Crippen molar-refractivity contribution >= 4 is 17.6 Å². The molecule has 0 atom stereocenters. The highest BCUT2D eigenvalue weighted by Gasteiger charge is 2.23. The summed E-state index contributed by atoms with van der Waals surface area (Å²) in [4.78, 5) is 32.8. The van der Waals surface area contributed by atoms with Crippen molar-refractivity contribution in [3.8, 4) is 5.75 Å². The summed E-state index contributed by atoms with van der Waals surface area (Å²) in [6.07, 6.45) is 13.5. The Morgan fingerprint density at radius 1 is 1.03 bits per heavy atom. The average molecular weight is 517 g/mol. The summed E-state index contributed by atoms with van der Waals surface area (Å²) in [5, 5.41) is 14.3. The molecule has 38 heavy (non-hydrogen) atoms. The first-order chi connectivity index (χ1) is 18.6. The van der Waals surface area contributed by atoms with E-state index in [-0.39, 0.29) is 24.7 Å². The van der Waals surface area contributed by atoms with Gasteiger partial charge in [0.15, 0.2) is 6.61 Å². The number of benzene rings is 2. The Hall–Kier alpha value is -3.87. The predicted octanol–water partition coefficient (Wildman–Crippen LogP) is 5.24. The molecule has 1 fully saturated rings. The van der Waals surface area contributed by atoms with Crippen molar-refractivity contribution in [1.29, 1.82) is 0 Å². The van der Waals surface area contributed by atoms with Gasteiger partial charge in [-0.2, -0.15) is 0 Å². The lowest BCUT2D eigenvalue weighted by atomic mass is 9.90. The summed E-state index contributed by atoms with van der Waals surface area (Å²) in [5.74, 6) is 0.107. The lowest BCUT2D eigenvalue weighted by Gasteiger charge is -2.31. The number of phenolic OH excluding ortho intramolecular Hbond substituents is 1. The second-order valence-corrected chi connectivity index (χ2v) is 9.76. The van der Waals surface area contributed by atoms with E-state index in [1.807, 2.05) is 29.2 Å². The summed E-state index contributed by atoms with van der Waals surface area (Å²) in [6.45, 7) is 1.59. The van der Waals surface area contributed by atoms with E-state index >= 15 is 0 Å². The smallest absolute Gasteiger partial charge is 0.338 e. The quantitative estimate of drug-likeness (QED) is 0.334. The van der Waals surface area contributed by atoms with Gasteiger partial charge in [0.25, 0.3) is 5.91 Å². The molecule has 0 unspecified atom stereocenters. The highest BCUT2D eigenvalue weighted by molar-refractivity contribution is 5.99. The highest BCUT2D eigenvalue weighted by atomic mass is 16.6. The van der Waals surface area contributed by atoms with Crippen LogP contribution in [-0.4, -0.2) is 53.9 Å². The Morgan fingerprint density at radius 3 is 2.61 bits per heavy atom. The SMILES string of the molecule is O=C1OCC/C=C/CC/C=C/C(=N\OCC(=O)N2CCC(Cc3ccccc3)CC2)Cc2cc(O)ccc21. The first-order valence-electron chi connectivity index (χ1n) is 13.4. The van der Waals surface area contributed by atoms with Gasteiger partial charge in [0, 0.05) is 19.5 Å². The molecule has 0 aliphatic carbocycles. The lowest BCUT2D eigenvalue weighted by molar-refractivity contribution is -0.137. The Balaban J connectivity index is 1.36. The number of rotatable bonds is 5. The molecule has 2 heterocycles. The maximum absolute atomic E-state index is 12.8.